The van der Waals surface area contributed by atoms with Crippen LogP contribution in [0.1, 0.15) is 21.5 Å². The summed E-state index contributed by atoms with van der Waals surface area (Å²) in [5, 5.41) is 6.39. The Morgan fingerprint density at radius 1 is 1.25 bits per heavy atom. The van der Waals surface area contributed by atoms with Gasteiger partial charge in [-0.1, -0.05) is 11.6 Å². The van der Waals surface area contributed by atoms with Crippen LogP contribution in [0.2, 0.25) is 5.15 Å². The smallest absolute Gasteiger partial charge is 0.319 e. The summed E-state index contributed by atoms with van der Waals surface area (Å²) in [6.07, 6.45) is -0.282. The van der Waals surface area contributed by atoms with Crippen LogP contribution >= 0.6 is 23.2 Å². The van der Waals surface area contributed by atoms with Crippen LogP contribution in [-0.2, 0) is 24.6 Å². The molecule has 0 radical (unpaired) electrons. The molecule has 0 aliphatic heterocycles. The van der Waals surface area contributed by atoms with Gasteiger partial charge in [0, 0.05) is 36.3 Å². The van der Waals surface area contributed by atoms with Crippen LogP contribution in [0.25, 0.3) is 0 Å². The molecule has 0 aliphatic rings. The summed E-state index contributed by atoms with van der Waals surface area (Å²) in [4.78, 5) is 30.0. The molecule has 0 atom stereocenters. The van der Waals surface area contributed by atoms with Gasteiger partial charge in [0.25, 0.3) is 5.91 Å². The molecule has 3 rings (SSSR count). The summed E-state index contributed by atoms with van der Waals surface area (Å²) < 4.78 is 42.2. The Labute approximate surface area is 190 Å². The molecular formula is C20H16Cl2F3N5O2. The highest BCUT2D eigenvalue weighted by Gasteiger charge is 2.33. The Hall–Kier alpha value is -3.11. The molecule has 3 aromatic rings. The molecule has 2 aromatic heterocycles. The maximum Gasteiger partial charge on any atom is 0.416 e. The number of benzene rings is 1. The van der Waals surface area contributed by atoms with Crippen molar-refractivity contribution in [3.8, 4) is 0 Å². The molecule has 0 saturated heterocycles. The quantitative estimate of drug-likeness (QED) is 0.411. The van der Waals surface area contributed by atoms with Crippen molar-refractivity contribution in [1.82, 2.24) is 14.8 Å². The number of carbonyl (C=O) groups excluding carboxylic acids is 2. The molecule has 12 heteroatoms. The van der Waals surface area contributed by atoms with Gasteiger partial charge in [-0.05, 0) is 30.3 Å². The number of anilines is 2. The number of aromatic nitrogens is 3. The van der Waals surface area contributed by atoms with Crippen molar-refractivity contribution in [2.45, 2.75) is 12.7 Å². The molecular weight excluding hydrogens is 470 g/mol. The minimum Gasteiger partial charge on any atom is -0.319 e. The van der Waals surface area contributed by atoms with E-state index in [0.717, 1.165) is 11.0 Å². The largest absolute Gasteiger partial charge is 0.416 e. The zero-order valence-electron chi connectivity index (χ0n) is 16.5. The van der Waals surface area contributed by atoms with Crippen molar-refractivity contribution in [2.24, 2.45) is 7.05 Å². The van der Waals surface area contributed by atoms with Crippen molar-refractivity contribution in [1.29, 1.82) is 0 Å². The number of carbonyl (C=O) groups is 2. The van der Waals surface area contributed by atoms with E-state index in [-0.39, 0.29) is 28.6 Å². The van der Waals surface area contributed by atoms with E-state index in [9.17, 15) is 22.8 Å². The summed E-state index contributed by atoms with van der Waals surface area (Å²) in [7, 11) is 1.66. The monoisotopic (exact) mass is 485 g/mol. The zero-order chi connectivity index (χ0) is 23.5. The lowest BCUT2D eigenvalue weighted by molar-refractivity contribution is -0.137. The van der Waals surface area contributed by atoms with Gasteiger partial charge in [0.2, 0.25) is 5.91 Å². The Balaban J connectivity index is 2.04. The molecule has 1 aromatic carbocycles. The van der Waals surface area contributed by atoms with Gasteiger partial charge in [0.05, 0.1) is 24.0 Å². The standard InChI is InChI=1S/C20H16Cl2F3N5O2/c1-29-10-12(9-27-29)11-30(17(31)8-21)15-6-13(5-14(7-15)20(23,24)25)19(32)28-16-3-2-4-26-18(16)22/h2-7,9-10H,8,11H2,1H3,(H,28,32). The van der Waals surface area contributed by atoms with Crippen LogP contribution in [0.4, 0.5) is 24.5 Å². The average Bonchev–Trinajstić information content (AvgIpc) is 3.17. The third kappa shape index (κ3) is 5.57. The number of hydrogen-bond acceptors (Lipinski definition) is 4. The second kappa shape index (κ2) is 9.58. The lowest BCUT2D eigenvalue weighted by Crippen LogP contribution is -2.32. The Kier molecular flexibility index (Phi) is 7.05. The van der Waals surface area contributed by atoms with E-state index in [1.54, 1.807) is 13.2 Å². The fraction of sp³-hybridized carbons (Fsp3) is 0.200. The van der Waals surface area contributed by atoms with E-state index in [1.807, 2.05) is 0 Å². The SMILES string of the molecule is Cn1cc(CN(C(=O)CCl)c2cc(C(=O)Nc3cccnc3Cl)cc(C(F)(F)F)c2)cn1. The number of pyridine rings is 1. The van der Waals surface area contributed by atoms with Crippen LogP contribution in [0, 0.1) is 0 Å². The molecule has 7 nitrogen and oxygen atoms in total. The first-order valence-corrected chi connectivity index (χ1v) is 9.97. The first-order valence-electron chi connectivity index (χ1n) is 9.06. The van der Waals surface area contributed by atoms with E-state index in [2.05, 4.69) is 15.4 Å². The second-order valence-electron chi connectivity index (χ2n) is 6.70. The predicted molar refractivity (Wildman–Crippen MR) is 114 cm³/mol. The number of amides is 2. The third-order valence-corrected chi connectivity index (χ3v) is 4.87. The maximum absolute atomic E-state index is 13.6. The topological polar surface area (TPSA) is 80.1 Å². The van der Waals surface area contributed by atoms with Gasteiger partial charge >= 0.3 is 6.18 Å². The fourth-order valence-electron chi connectivity index (χ4n) is 2.87. The van der Waals surface area contributed by atoms with Crippen LogP contribution in [-0.4, -0.2) is 32.5 Å². The minimum atomic E-state index is -4.76. The number of nitrogens with one attached hydrogen (secondary N) is 1. The molecule has 0 spiro atoms. The molecule has 1 N–H and O–H groups in total. The second-order valence-corrected chi connectivity index (χ2v) is 7.32. The van der Waals surface area contributed by atoms with E-state index < -0.39 is 29.4 Å². The fourth-order valence-corrected chi connectivity index (χ4v) is 3.18. The van der Waals surface area contributed by atoms with Crippen molar-refractivity contribution >= 4 is 46.4 Å². The van der Waals surface area contributed by atoms with Gasteiger partial charge in [-0.25, -0.2) is 4.98 Å². The third-order valence-electron chi connectivity index (χ3n) is 4.34. The maximum atomic E-state index is 13.6. The van der Waals surface area contributed by atoms with E-state index in [1.165, 1.54) is 35.3 Å². The van der Waals surface area contributed by atoms with Crippen LogP contribution in [0.5, 0.6) is 0 Å². The van der Waals surface area contributed by atoms with E-state index >= 15 is 0 Å². The number of halogens is 5. The van der Waals surface area contributed by atoms with Crippen molar-refractivity contribution in [3.63, 3.8) is 0 Å². The summed E-state index contributed by atoms with van der Waals surface area (Å²) >= 11 is 11.6. The highest BCUT2D eigenvalue weighted by molar-refractivity contribution is 6.32. The van der Waals surface area contributed by atoms with Crippen molar-refractivity contribution < 1.29 is 22.8 Å². The lowest BCUT2D eigenvalue weighted by Gasteiger charge is -2.23. The molecule has 0 aliphatic carbocycles. The minimum absolute atomic E-state index is 0.0245. The van der Waals surface area contributed by atoms with Gasteiger partial charge in [-0.2, -0.15) is 18.3 Å². The molecule has 2 amide bonds. The van der Waals surface area contributed by atoms with Gasteiger partial charge in [0.15, 0.2) is 5.15 Å². The highest BCUT2D eigenvalue weighted by atomic mass is 35.5. The molecule has 0 unspecified atom stereocenters. The first-order chi connectivity index (χ1) is 15.1. The van der Waals surface area contributed by atoms with Gasteiger partial charge in [0.1, 0.15) is 5.88 Å². The Morgan fingerprint density at radius 3 is 2.59 bits per heavy atom. The summed E-state index contributed by atoms with van der Waals surface area (Å²) in [6, 6.07) is 5.61. The number of nitrogens with zero attached hydrogens (tertiary/aromatic N) is 4. The summed E-state index contributed by atoms with van der Waals surface area (Å²) in [5.74, 6) is -1.97. The van der Waals surface area contributed by atoms with Gasteiger partial charge in [-0.15, -0.1) is 11.6 Å². The number of aryl methyl sites for hydroxylation is 1. The van der Waals surface area contributed by atoms with Crippen LogP contribution in [0.3, 0.4) is 0 Å². The van der Waals surface area contributed by atoms with E-state index in [4.69, 9.17) is 23.2 Å². The molecule has 168 valence electrons. The lowest BCUT2D eigenvalue weighted by atomic mass is 10.1. The number of alkyl halides is 4. The molecule has 2 heterocycles. The Morgan fingerprint density at radius 2 is 2.00 bits per heavy atom. The first kappa shape index (κ1) is 23.6. The number of rotatable bonds is 6. The predicted octanol–water partition coefficient (Wildman–Crippen LogP) is 4.51. The average molecular weight is 486 g/mol. The van der Waals surface area contributed by atoms with Gasteiger partial charge in [-0.3, -0.25) is 14.3 Å². The molecule has 0 saturated carbocycles. The summed E-state index contributed by atoms with van der Waals surface area (Å²) in [5.41, 5.74) is -0.875. The zero-order valence-corrected chi connectivity index (χ0v) is 18.0. The Bertz CT molecular complexity index is 1150. The molecule has 0 bridgehead atoms. The highest BCUT2D eigenvalue weighted by Crippen LogP contribution is 2.34. The van der Waals surface area contributed by atoms with Crippen molar-refractivity contribution in [2.75, 3.05) is 16.1 Å². The van der Waals surface area contributed by atoms with Crippen LogP contribution < -0.4 is 10.2 Å². The van der Waals surface area contributed by atoms with Crippen molar-refractivity contribution in [3.05, 3.63) is 70.8 Å². The molecule has 0 fully saturated rings. The van der Waals surface area contributed by atoms with Gasteiger partial charge < -0.3 is 10.2 Å². The normalized spacial score (nSPS) is 11.3. The number of hydrogen-bond donors (Lipinski definition) is 1. The van der Waals surface area contributed by atoms with Crippen LogP contribution in [0.15, 0.2) is 48.9 Å². The van der Waals surface area contributed by atoms with E-state index in [0.29, 0.717) is 11.6 Å². The molecule has 32 heavy (non-hydrogen) atoms. The summed E-state index contributed by atoms with van der Waals surface area (Å²) in [6.45, 7) is -0.0871.